The van der Waals surface area contributed by atoms with Crippen LogP contribution in [0.15, 0.2) is 22.7 Å². The first kappa shape index (κ1) is 11.9. The number of halogens is 1. The first-order chi connectivity index (χ1) is 7.00. The van der Waals surface area contributed by atoms with Crippen molar-refractivity contribution in [2.45, 2.75) is 19.8 Å². The van der Waals surface area contributed by atoms with Crippen LogP contribution < -0.4 is 0 Å². The Morgan fingerprint density at radius 1 is 1.33 bits per heavy atom. The minimum absolute atomic E-state index is 0.0520. The number of carboxylic acids is 1. The number of aryl methyl sites for hydroxylation is 1. The highest BCUT2D eigenvalue weighted by molar-refractivity contribution is 9.10. The lowest BCUT2D eigenvalue weighted by Gasteiger charge is -2.02. The minimum atomic E-state index is -0.947. The highest BCUT2D eigenvalue weighted by Gasteiger charge is 2.09. The van der Waals surface area contributed by atoms with Crippen LogP contribution in [0.1, 0.15) is 28.8 Å². The van der Waals surface area contributed by atoms with Crippen LogP contribution in [-0.4, -0.2) is 16.9 Å². The van der Waals surface area contributed by atoms with Crippen molar-refractivity contribution in [1.82, 2.24) is 0 Å². The molecule has 0 atom stereocenters. The topological polar surface area (TPSA) is 54.4 Å². The van der Waals surface area contributed by atoms with Crippen LogP contribution in [0.4, 0.5) is 0 Å². The first-order valence-electron chi connectivity index (χ1n) is 4.52. The predicted molar refractivity (Wildman–Crippen MR) is 60.1 cm³/mol. The number of hydrogen-bond donors (Lipinski definition) is 1. The predicted octanol–water partition coefficient (Wildman–Crippen LogP) is 2.81. The van der Waals surface area contributed by atoms with Gasteiger partial charge in [-0.1, -0.05) is 22.0 Å². The smallest absolute Gasteiger partial charge is 0.303 e. The first-order valence-corrected chi connectivity index (χ1v) is 5.31. The maximum Gasteiger partial charge on any atom is 0.303 e. The summed E-state index contributed by atoms with van der Waals surface area (Å²) in [5.41, 5.74) is 1.54. The van der Waals surface area contributed by atoms with Crippen molar-refractivity contribution < 1.29 is 14.7 Å². The van der Waals surface area contributed by atoms with Crippen molar-refractivity contribution in [3.05, 3.63) is 33.8 Å². The van der Waals surface area contributed by atoms with Crippen LogP contribution >= 0.6 is 15.9 Å². The molecule has 1 aromatic rings. The quantitative estimate of drug-likeness (QED) is 0.856. The number of hydrogen-bond acceptors (Lipinski definition) is 2. The number of aliphatic carboxylic acids is 1. The largest absolute Gasteiger partial charge is 0.481 e. The third-order valence-electron chi connectivity index (χ3n) is 2.05. The van der Waals surface area contributed by atoms with Crippen LogP contribution in [0, 0.1) is 6.92 Å². The summed E-state index contributed by atoms with van der Waals surface area (Å²) in [6.45, 7) is 1.89. The van der Waals surface area contributed by atoms with Gasteiger partial charge in [0.25, 0.3) is 0 Å². The van der Waals surface area contributed by atoms with Gasteiger partial charge >= 0.3 is 5.97 Å². The van der Waals surface area contributed by atoms with Gasteiger partial charge in [0.2, 0.25) is 0 Å². The monoisotopic (exact) mass is 270 g/mol. The van der Waals surface area contributed by atoms with E-state index in [-0.39, 0.29) is 18.6 Å². The number of carboxylic acid groups (broad SMARTS) is 1. The minimum Gasteiger partial charge on any atom is -0.481 e. The Bertz CT molecular complexity index is 399. The Labute approximate surface area is 96.2 Å². The van der Waals surface area contributed by atoms with Gasteiger partial charge in [0.15, 0.2) is 5.78 Å². The number of rotatable bonds is 4. The van der Waals surface area contributed by atoms with Gasteiger partial charge in [0, 0.05) is 16.5 Å². The van der Waals surface area contributed by atoms with E-state index in [1.807, 2.05) is 6.92 Å². The number of benzene rings is 1. The van der Waals surface area contributed by atoms with Gasteiger partial charge in [-0.25, -0.2) is 0 Å². The van der Waals surface area contributed by atoms with Crippen molar-refractivity contribution in [2.24, 2.45) is 0 Å². The average Bonchev–Trinajstić information content (AvgIpc) is 2.18. The van der Waals surface area contributed by atoms with E-state index in [4.69, 9.17) is 5.11 Å². The van der Waals surface area contributed by atoms with Gasteiger partial charge in [-0.15, -0.1) is 0 Å². The highest BCUT2D eigenvalue weighted by atomic mass is 79.9. The Balaban J connectivity index is 2.74. The van der Waals surface area contributed by atoms with Crippen LogP contribution in [-0.2, 0) is 4.79 Å². The number of Topliss-reactive ketones (excluding diaryl/α,β-unsaturated/α-hetero) is 1. The molecule has 0 heterocycles. The third-order valence-corrected chi connectivity index (χ3v) is 2.94. The molecule has 0 bridgehead atoms. The number of carbonyl (C=O) groups is 2. The average molecular weight is 271 g/mol. The van der Waals surface area contributed by atoms with E-state index in [1.54, 1.807) is 18.2 Å². The molecule has 0 saturated carbocycles. The molecule has 80 valence electrons. The van der Waals surface area contributed by atoms with Gasteiger partial charge in [0.05, 0.1) is 6.42 Å². The lowest BCUT2D eigenvalue weighted by Crippen LogP contribution is -2.04. The lowest BCUT2D eigenvalue weighted by atomic mass is 10.0. The summed E-state index contributed by atoms with van der Waals surface area (Å²) in [4.78, 5) is 21.8. The van der Waals surface area contributed by atoms with Crippen LogP contribution in [0.25, 0.3) is 0 Å². The molecule has 0 aliphatic heterocycles. The molecule has 0 amide bonds. The van der Waals surface area contributed by atoms with E-state index in [2.05, 4.69) is 15.9 Å². The van der Waals surface area contributed by atoms with Crippen molar-refractivity contribution >= 4 is 27.7 Å². The molecular weight excluding hydrogens is 260 g/mol. The fraction of sp³-hybridized carbons (Fsp3) is 0.273. The van der Waals surface area contributed by atoms with E-state index < -0.39 is 5.97 Å². The van der Waals surface area contributed by atoms with Crippen molar-refractivity contribution in [2.75, 3.05) is 0 Å². The summed E-state index contributed by atoms with van der Waals surface area (Å²) in [7, 11) is 0. The highest BCUT2D eigenvalue weighted by Crippen LogP contribution is 2.18. The molecule has 4 heteroatoms. The van der Waals surface area contributed by atoms with Gasteiger partial charge in [-0.3, -0.25) is 9.59 Å². The Morgan fingerprint density at radius 2 is 2.00 bits per heavy atom. The molecule has 0 aliphatic rings. The van der Waals surface area contributed by atoms with Crippen molar-refractivity contribution in [1.29, 1.82) is 0 Å². The fourth-order valence-corrected chi connectivity index (χ4v) is 1.43. The zero-order valence-corrected chi connectivity index (χ0v) is 9.87. The zero-order chi connectivity index (χ0) is 11.4. The van der Waals surface area contributed by atoms with E-state index in [9.17, 15) is 9.59 Å². The molecule has 15 heavy (non-hydrogen) atoms. The maximum absolute atomic E-state index is 11.5. The molecule has 0 fully saturated rings. The maximum atomic E-state index is 11.5. The van der Waals surface area contributed by atoms with Crippen LogP contribution in [0.5, 0.6) is 0 Å². The molecular formula is C11H11BrO3. The summed E-state index contributed by atoms with van der Waals surface area (Å²) >= 11 is 3.34. The van der Waals surface area contributed by atoms with Crippen molar-refractivity contribution in [3.63, 3.8) is 0 Å². The van der Waals surface area contributed by atoms with Gasteiger partial charge in [-0.2, -0.15) is 0 Å². The molecule has 0 radical (unpaired) electrons. The molecule has 1 aromatic carbocycles. The summed E-state index contributed by atoms with van der Waals surface area (Å²) in [5.74, 6) is -1.08. The molecule has 1 N–H and O–H groups in total. The molecule has 1 rings (SSSR count). The molecule has 0 saturated heterocycles. The third kappa shape index (κ3) is 3.47. The lowest BCUT2D eigenvalue weighted by molar-refractivity contribution is -0.136. The normalized spacial score (nSPS) is 10.0. The number of ketones is 1. The van der Waals surface area contributed by atoms with Gasteiger partial charge < -0.3 is 5.11 Å². The van der Waals surface area contributed by atoms with Gasteiger partial charge in [0.1, 0.15) is 0 Å². The molecule has 0 spiro atoms. The summed E-state index contributed by atoms with van der Waals surface area (Å²) in [5, 5.41) is 8.45. The number of carbonyl (C=O) groups excluding carboxylic acids is 1. The zero-order valence-electron chi connectivity index (χ0n) is 8.29. The van der Waals surface area contributed by atoms with Crippen LogP contribution in [0.2, 0.25) is 0 Å². The molecule has 3 nitrogen and oxygen atoms in total. The van der Waals surface area contributed by atoms with E-state index in [1.165, 1.54) is 0 Å². The molecule has 0 aromatic heterocycles. The second kappa shape index (κ2) is 5.07. The molecule has 0 unspecified atom stereocenters. The standard InChI is InChI=1S/C11H11BrO3/c1-7-6-8(2-3-9(7)12)10(13)4-5-11(14)15/h2-3,6H,4-5H2,1H3,(H,14,15). The second-order valence-electron chi connectivity index (χ2n) is 3.28. The molecule has 0 aliphatic carbocycles. The SMILES string of the molecule is Cc1cc(C(=O)CCC(=O)O)ccc1Br. The summed E-state index contributed by atoms with van der Waals surface area (Å²) in [6, 6.07) is 5.25. The van der Waals surface area contributed by atoms with E-state index >= 15 is 0 Å². The Kier molecular flexibility index (Phi) is 4.03. The van der Waals surface area contributed by atoms with Gasteiger partial charge in [-0.05, 0) is 24.6 Å². The van der Waals surface area contributed by atoms with E-state index in [0.29, 0.717) is 5.56 Å². The fourth-order valence-electron chi connectivity index (χ4n) is 1.18. The van der Waals surface area contributed by atoms with Crippen molar-refractivity contribution in [3.8, 4) is 0 Å². The van der Waals surface area contributed by atoms with E-state index in [0.717, 1.165) is 10.0 Å². The second-order valence-corrected chi connectivity index (χ2v) is 4.14. The summed E-state index contributed by atoms with van der Waals surface area (Å²) in [6.07, 6.45) is -0.0651. The van der Waals surface area contributed by atoms with Crippen LogP contribution in [0.3, 0.4) is 0 Å². The Hall–Kier alpha value is -1.16. The Morgan fingerprint density at radius 3 is 2.53 bits per heavy atom. The summed E-state index contributed by atoms with van der Waals surface area (Å²) < 4.78 is 0.942.